The van der Waals surface area contributed by atoms with E-state index < -0.39 is 5.97 Å². The topological polar surface area (TPSA) is 97.8 Å². The molecule has 0 saturated carbocycles. The maximum Gasteiger partial charge on any atom is 0.336 e. The highest BCUT2D eigenvalue weighted by Crippen LogP contribution is 2.37. The summed E-state index contributed by atoms with van der Waals surface area (Å²) in [5.74, 6) is -0.131. The van der Waals surface area contributed by atoms with Crippen LogP contribution in [-0.4, -0.2) is 42.2 Å². The van der Waals surface area contributed by atoms with E-state index in [1.165, 1.54) is 0 Å². The summed E-state index contributed by atoms with van der Waals surface area (Å²) in [6, 6.07) is 12.9. The molecule has 170 valence electrons. The summed E-state index contributed by atoms with van der Waals surface area (Å²) in [4.78, 5) is 28.6. The third kappa shape index (κ3) is 4.67. The van der Waals surface area contributed by atoms with Crippen LogP contribution >= 0.6 is 0 Å². The number of allylic oxidation sites excluding steroid dienone is 1. The van der Waals surface area contributed by atoms with Gasteiger partial charge >= 0.3 is 5.97 Å². The highest BCUT2D eigenvalue weighted by atomic mass is 16.5. The average molecular weight is 447 g/mol. The van der Waals surface area contributed by atoms with E-state index in [4.69, 9.17) is 14.5 Å². The number of nitrogens with zero attached hydrogens (tertiary/aromatic N) is 1. The van der Waals surface area contributed by atoms with E-state index in [1.54, 1.807) is 13.2 Å². The molecule has 1 heterocycles. The normalized spacial score (nSPS) is 14.1. The van der Waals surface area contributed by atoms with Gasteiger partial charge in [-0.2, -0.15) is 0 Å². The SMILES string of the molecule is CCNC(=O)COc1ccc(/C=C2\CCCc3c2nc2ccccc2c3C(=O)O)cc1OC. The molecule has 0 radical (unpaired) electrons. The first-order valence-corrected chi connectivity index (χ1v) is 10.9. The van der Waals surface area contributed by atoms with Crippen molar-refractivity contribution < 1.29 is 24.2 Å². The van der Waals surface area contributed by atoms with Gasteiger partial charge in [0.05, 0.1) is 23.9 Å². The number of amides is 1. The van der Waals surface area contributed by atoms with E-state index in [2.05, 4.69) is 5.32 Å². The lowest BCUT2D eigenvalue weighted by Gasteiger charge is -2.21. The maximum absolute atomic E-state index is 12.1. The molecule has 1 amide bonds. The van der Waals surface area contributed by atoms with Gasteiger partial charge in [-0.25, -0.2) is 9.78 Å². The molecule has 2 N–H and O–H groups in total. The number of likely N-dealkylation sites (N-methyl/N-ethyl adjacent to an activating group) is 1. The van der Waals surface area contributed by atoms with Crippen molar-refractivity contribution >= 4 is 34.4 Å². The molecular weight excluding hydrogens is 420 g/mol. The molecular formula is C26H26N2O5. The first-order valence-electron chi connectivity index (χ1n) is 10.9. The number of carbonyl (C=O) groups excluding carboxylic acids is 1. The lowest BCUT2D eigenvalue weighted by atomic mass is 9.86. The highest BCUT2D eigenvalue weighted by Gasteiger charge is 2.24. The molecule has 7 heteroatoms. The van der Waals surface area contributed by atoms with Crippen molar-refractivity contribution in [2.24, 2.45) is 0 Å². The Labute approximate surface area is 192 Å². The van der Waals surface area contributed by atoms with Crippen molar-refractivity contribution in [1.29, 1.82) is 0 Å². The number of fused-ring (bicyclic) bond motifs is 2. The van der Waals surface area contributed by atoms with E-state index >= 15 is 0 Å². The standard InChI is InChI=1S/C26H26N2O5/c1-3-27-23(29)15-33-21-12-11-16(14-22(21)32-2)13-17-7-6-9-19-24(26(30)31)18-8-4-5-10-20(18)28-25(17)19/h4-5,8,10-14H,3,6-7,9,15H2,1-2H3,(H,27,29)(H,30,31)/b17-13+. The third-order valence-corrected chi connectivity index (χ3v) is 5.65. The molecule has 33 heavy (non-hydrogen) atoms. The molecule has 0 aliphatic heterocycles. The number of pyridine rings is 1. The largest absolute Gasteiger partial charge is 0.493 e. The monoisotopic (exact) mass is 446 g/mol. The van der Waals surface area contributed by atoms with Crippen molar-refractivity contribution in [3.8, 4) is 11.5 Å². The Morgan fingerprint density at radius 3 is 2.73 bits per heavy atom. The molecule has 0 saturated heterocycles. The van der Waals surface area contributed by atoms with E-state index in [-0.39, 0.29) is 12.5 Å². The Bertz CT molecular complexity index is 1250. The molecule has 0 atom stereocenters. The molecule has 0 unspecified atom stereocenters. The minimum absolute atomic E-state index is 0.0903. The number of carboxylic acids is 1. The summed E-state index contributed by atoms with van der Waals surface area (Å²) >= 11 is 0. The van der Waals surface area contributed by atoms with Crippen LogP contribution in [0.3, 0.4) is 0 Å². The number of hydrogen-bond donors (Lipinski definition) is 2. The van der Waals surface area contributed by atoms with Crippen LogP contribution in [-0.2, 0) is 11.2 Å². The number of nitrogens with one attached hydrogen (secondary N) is 1. The van der Waals surface area contributed by atoms with Gasteiger partial charge in [-0.1, -0.05) is 24.3 Å². The number of methoxy groups -OCH3 is 1. The van der Waals surface area contributed by atoms with Crippen LogP contribution in [0.1, 0.15) is 46.9 Å². The number of aromatic carboxylic acids is 1. The second kappa shape index (κ2) is 9.73. The number of para-hydroxylation sites is 1. The van der Waals surface area contributed by atoms with Crippen LogP contribution in [0.2, 0.25) is 0 Å². The van der Waals surface area contributed by atoms with Crippen molar-refractivity contribution in [2.75, 3.05) is 20.3 Å². The molecule has 3 aromatic rings. The fourth-order valence-corrected chi connectivity index (χ4v) is 4.21. The van der Waals surface area contributed by atoms with Gasteiger partial charge in [-0.15, -0.1) is 0 Å². The quantitative estimate of drug-likeness (QED) is 0.561. The van der Waals surface area contributed by atoms with Crippen LogP contribution in [0.15, 0.2) is 42.5 Å². The Kier molecular flexibility index (Phi) is 6.58. The lowest BCUT2D eigenvalue weighted by molar-refractivity contribution is -0.123. The predicted octanol–water partition coefficient (Wildman–Crippen LogP) is 4.33. The fraction of sp³-hybridized carbons (Fsp3) is 0.269. The molecule has 1 aliphatic carbocycles. The van der Waals surface area contributed by atoms with Crippen LogP contribution in [0.5, 0.6) is 11.5 Å². The zero-order valence-electron chi connectivity index (χ0n) is 18.7. The van der Waals surface area contributed by atoms with Gasteiger partial charge in [0, 0.05) is 11.9 Å². The molecule has 0 spiro atoms. The zero-order chi connectivity index (χ0) is 23.4. The van der Waals surface area contributed by atoms with E-state index in [1.807, 2.05) is 49.4 Å². The molecule has 2 aromatic carbocycles. The van der Waals surface area contributed by atoms with Crippen LogP contribution in [0.25, 0.3) is 22.6 Å². The smallest absolute Gasteiger partial charge is 0.336 e. The van der Waals surface area contributed by atoms with Gasteiger partial charge in [-0.3, -0.25) is 4.79 Å². The van der Waals surface area contributed by atoms with Gasteiger partial charge in [0.25, 0.3) is 5.91 Å². The van der Waals surface area contributed by atoms with Gasteiger partial charge < -0.3 is 19.9 Å². The summed E-state index contributed by atoms with van der Waals surface area (Å²) in [5, 5.41) is 13.3. The van der Waals surface area contributed by atoms with Crippen LogP contribution < -0.4 is 14.8 Å². The molecule has 0 fully saturated rings. The molecule has 1 aromatic heterocycles. The molecule has 0 bridgehead atoms. The highest BCUT2D eigenvalue weighted by molar-refractivity contribution is 6.05. The average Bonchev–Trinajstić information content (AvgIpc) is 2.82. The Morgan fingerprint density at radius 2 is 1.97 bits per heavy atom. The van der Waals surface area contributed by atoms with Gasteiger partial charge in [0.2, 0.25) is 0 Å². The lowest BCUT2D eigenvalue weighted by Crippen LogP contribution is -2.28. The summed E-state index contributed by atoms with van der Waals surface area (Å²) in [7, 11) is 1.55. The number of hydrogen-bond acceptors (Lipinski definition) is 5. The number of benzene rings is 2. The van der Waals surface area contributed by atoms with Gasteiger partial charge in [-0.05, 0) is 67.2 Å². The van der Waals surface area contributed by atoms with Gasteiger partial charge in [0.1, 0.15) is 0 Å². The first kappa shape index (κ1) is 22.3. The predicted molar refractivity (Wildman–Crippen MR) is 127 cm³/mol. The molecule has 4 rings (SSSR count). The number of carbonyl (C=O) groups is 2. The third-order valence-electron chi connectivity index (χ3n) is 5.65. The van der Waals surface area contributed by atoms with Gasteiger partial charge in [0.15, 0.2) is 18.1 Å². The fourth-order valence-electron chi connectivity index (χ4n) is 4.21. The Morgan fingerprint density at radius 1 is 1.15 bits per heavy atom. The van der Waals surface area contributed by atoms with Crippen molar-refractivity contribution in [1.82, 2.24) is 10.3 Å². The second-order valence-electron chi connectivity index (χ2n) is 7.81. The number of ether oxygens (including phenoxy) is 2. The van der Waals surface area contributed by atoms with E-state index in [0.29, 0.717) is 40.9 Å². The summed E-state index contributed by atoms with van der Waals surface area (Å²) in [5.41, 5.74) is 4.41. The maximum atomic E-state index is 12.1. The first-order chi connectivity index (χ1) is 16.0. The zero-order valence-corrected chi connectivity index (χ0v) is 18.7. The van der Waals surface area contributed by atoms with Crippen LogP contribution in [0, 0.1) is 0 Å². The van der Waals surface area contributed by atoms with Crippen molar-refractivity contribution in [3.05, 3.63) is 64.8 Å². The Balaban J connectivity index is 1.71. The van der Waals surface area contributed by atoms with E-state index in [0.717, 1.165) is 35.2 Å². The van der Waals surface area contributed by atoms with E-state index in [9.17, 15) is 14.7 Å². The number of rotatable bonds is 7. The second-order valence-corrected chi connectivity index (χ2v) is 7.81. The minimum Gasteiger partial charge on any atom is -0.493 e. The van der Waals surface area contributed by atoms with Crippen molar-refractivity contribution in [3.63, 3.8) is 0 Å². The summed E-state index contributed by atoms with van der Waals surface area (Å²) in [6.07, 6.45) is 4.35. The van der Waals surface area contributed by atoms with Crippen LogP contribution in [0.4, 0.5) is 0 Å². The number of aromatic nitrogens is 1. The summed E-state index contributed by atoms with van der Waals surface area (Å²) in [6.45, 7) is 2.30. The molecule has 1 aliphatic rings. The molecule has 7 nitrogen and oxygen atoms in total. The number of carboxylic acid groups (broad SMARTS) is 1. The Hall–Kier alpha value is -3.87. The minimum atomic E-state index is -0.929. The van der Waals surface area contributed by atoms with Crippen molar-refractivity contribution in [2.45, 2.75) is 26.2 Å². The summed E-state index contributed by atoms with van der Waals surface area (Å²) < 4.78 is 11.1.